The number of nitrogens with zero attached hydrogens (tertiary/aromatic N) is 1. The zero-order valence-corrected chi connectivity index (χ0v) is 16.6. The van der Waals surface area contributed by atoms with Crippen LogP contribution >= 0.6 is 0 Å². The van der Waals surface area contributed by atoms with Gasteiger partial charge in [-0.15, -0.1) is 0 Å². The van der Waals surface area contributed by atoms with Crippen molar-refractivity contribution in [1.82, 2.24) is 0 Å². The fourth-order valence-electron chi connectivity index (χ4n) is 3.57. The number of hydrogen-bond acceptors (Lipinski definition) is 4. The van der Waals surface area contributed by atoms with Crippen molar-refractivity contribution in [2.75, 3.05) is 16.8 Å². The second kappa shape index (κ2) is 8.37. The fourth-order valence-corrected chi connectivity index (χ4v) is 3.57. The summed E-state index contributed by atoms with van der Waals surface area (Å²) < 4.78 is 5.37. The molecule has 6 nitrogen and oxygen atoms in total. The first-order valence-corrected chi connectivity index (χ1v) is 9.93. The van der Waals surface area contributed by atoms with E-state index in [0.717, 1.165) is 17.2 Å². The van der Waals surface area contributed by atoms with Gasteiger partial charge in [-0.1, -0.05) is 42.5 Å². The number of amides is 2. The van der Waals surface area contributed by atoms with Gasteiger partial charge in [0.2, 0.25) is 5.91 Å². The van der Waals surface area contributed by atoms with E-state index in [1.54, 1.807) is 29.2 Å². The van der Waals surface area contributed by atoms with Gasteiger partial charge in [-0.3, -0.25) is 9.59 Å². The van der Waals surface area contributed by atoms with E-state index in [4.69, 9.17) is 4.74 Å². The number of anilines is 2. The second-order valence-corrected chi connectivity index (χ2v) is 7.26. The van der Waals surface area contributed by atoms with E-state index in [1.165, 1.54) is 6.92 Å². The highest BCUT2D eigenvalue weighted by Crippen LogP contribution is 2.24. The molecule has 1 saturated heterocycles. The van der Waals surface area contributed by atoms with Crippen molar-refractivity contribution >= 4 is 39.9 Å². The highest BCUT2D eigenvalue weighted by atomic mass is 16.5. The van der Waals surface area contributed by atoms with Crippen molar-refractivity contribution in [2.45, 2.75) is 25.9 Å². The molecule has 3 aromatic rings. The maximum absolute atomic E-state index is 12.6. The summed E-state index contributed by atoms with van der Waals surface area (Å²) in [7, 11) is 0. The van der Waals surface area contributed by atoms with Crippen molar-refractivity contribution in [3.8, 4) is 0 Å². The Morgan fingerprint density at radius 1 is 1.03 bits per heavy atom. The van der Waals surface area contributed by atoms with Gasteiger partial charge >= 0.3 is 5.97 Å². The van der Waals surface area contributed by atoms with Gasteiger partial charge in [0, 0.05) is 29.7 Å². The lowest BCUT2D eigenvalue weighted by Gasteiger charge is -2.17. The predicted octanol–water partition coefficient (Wildman–Crippen LogP) is 4.15. The molecule has 3 aromatic carbocycles. The van der Waals surface area contributed by atoms with Crippen LogP contribution in [0.25, 0.3) is 10.8 Å². The van der Waals surface area contributed by atoms with Crippen LogP contribution in [0.15, 0.2) is 66.7 Å². The molecule has 0 aliphatic carbocycles. The van der Waals surface area contributed by atoms with Gasteiger partial charge in [0.15, 0.2) is 6.10 Å². The van der Waals surface area contributed by atoms with Gasteiger partial charge in [-0.05, 0) is 43.0 Å². The molecule has 0 aromatic heterocycles. The van der Waals surface area contributed by atoms with E-state index in [2.05, 4.69) is 5.32 Å². The smallest absolute Gasteiger partial charge is 0.338 e. The number of carbonyl (C=O) groups is 3. The van der Waals surface area contributed by atoms with Gasteiger partial charge in [0.05, 0.1) is 5.56 Å². The molecule has 0 radical (unpaired) electrons. The lowest BCUT2D eigenvalue weighted by molar-refractivity contribution is -0.123. The molecule has 30 heavy (non-hydrogen) atoms. The van der Waals surface area contributed by atoms with Crippen molar-refractivity contribution in [3.63, 3.8) is 0 Å². The Bertz CT molecular complexity index is 1120. The molecule has 1 aliphatic heterocycles. The second-order valence-electron chi connectivity index (χ2n) is 7.26. The summed E-state index contributed by atoms with van der Waals surface area (Å²) in [6.45, 7) is 2.17. The van der Waals surface area contributed by atoms with Gasteiger partial charge in [0.25, 0.3) is 5.91 Å². The number of rotatable bonds is 5. The van der Waals surface area contributed by atoms with E-state index >= 15 is 0 Å². The molecule has 152 valence electrons. The molecule has 0 unspecified atom stereocenters. The summed E-state index contributed by atoms with van der Waals surface area (Å²) in [5.41, 5.74) is 1.63. The van der Waals surface area contributed by atoms with E-state index in [1.807, 2.05) is 42.5 Å². The molecule has 1 aliphatic rings. The Hall–Kier alpha value is -3.67. The van der Waals surface area contributed by atoms with Crippen molar-refractivity contribution < 1.29 is 19.1 Å². The number of ether oxygens (including phenoxy) is 1. The third-order valence-corrected chi connectivity index (χ3v) is 5.17. The number of fused-ring (bicyclic) bond motifs is 1. The van der Waals surface area contributed by atoms with Crippen molar-refractivity contribution in [2.24, 2.45) is 0 Å². The average molecular weight is 402 g/mol. The number of esters is 1. The quantitative estimate of drug-likeness (QED) is 0.651. The normalized spacial score (nSPS) is 14.6. The minimum atomic E-state index is -0.978. The van der Waals surface area contributed by atoms with E-state index in [-0.39, 0.29) is 5.91 Å². The summed E-state index contributed by atoms with van der Waals surface area (Å²) in [4.78, 5) is 38.8. The van der Waals surface area contributed by atoms with Gasteiger partial charge < -0.3 is 15.0 Å². The molecule has 0 saturated carbocycles. The van der Waals surface area contributed by atoms with Gasteiger partial charge in [0.1, 0.15) is 0 Å². The van der Waals surface area contributed by atoms with Gasteiger partial charge in [-0.2, -0.15) is 0 Å². The van der Waals surface area contributed by atoms with Crippen LogP contribution in [0.4, 0.5) is 11.4 Å². The van der Waals surface area contributed by atoms with Crippen LogP contribution in [-0.2, 0) is 14.3 Å². The van der Waals surface area contributed by atoms with Gasteiger partial charge in [-0.25, -0.2) is 4.79 Å². The van der Waals surface area contributed by atoms with Crippen molar-refractivity contribution in [1.29, 1.82) is 0 Å². The average Bonchev–Trinajstić information content (AvgIpc) is 3.20. The minimum absolute atomic E-state index is 0.0448. The topological polar surface area (TPSA) is 75.7 Å². The van der Waals surface area contributed by atoms with Crippen LogP contribution < -0.4 is 10.2 Å². The molecule has 4 rings (SSSR count). The molecular formula is C24H22N2O4. The standard InChI is InChI=1S/C24H22N2O4/c1-16(23(28)25-21-12-5-8-17-7-2-3-11-20(17)21)30-24(29)18-9-4-10-19(15-18)26-14-6-13-22(26)27/h2-5,7-12,15-16H,6,13-14H2,1H3,(H,25,28)/t16-/m0/s1. The number of carbonyl (C=O) groups excluding carboxylic acids is 3. The van der Waals surface area contributed by atoms with Crippen molar-refractivity contribution in [3.05, 3.63) is 72.3 Å². The zero-order valence-electron chi connectivity index (χ0n) is 16.6. The molecule has 1 N–H and O–H groups in total. The molecular weight excluding hydrogens is 380 g/mol. The third-order valence-electron chi connectivity index (χ3n) is 5.17. The van der Waals surface area contributed by atoms with E-state index in [9.17, 15) is 14.4 Å². The molecule has 1 atom stereocenters. The first-order valence-electron chi connectivity index (χ1n) is 9.93. The SMILES string of the molecule is C[C@H](OC(=O)c1cccc(N2CCCC2=O)c1)C(=O)Nc1cccc2ccccc12. The van der Waals surface area contributed by atoms with Crippen LogP contribution in [0.2, 0.25) is 0 Å². The number of benzene rings is 3. The summed E-state index contributed by atoms with van der Waals surface area (Å²) in [5, 5.41) is 4.75. The summed E-state index contributed by atoms with van der Waals surface area (Å²) in [6, 6.07) is 20.1. The Morgan fingerprint density at radius 3 is 2.60 bits per heavy atom. The highest BCUT2D eigenvalue weighted by Gasteiger charge is 2.24. The Morgan fingerprint density at radius 2 is 1.80 bits per heavy atom. The summed E-state index contributed by atoms with van der Waals surface area (Å²) >= 11 is 0. The number of hydrogen-bond donors (Lipinski definition) is 1. The van der Waals surface area contributed by atoms with E-state index in [0.29, 0.717) is 29.9 Å². The Balaban J connectivity index is 1.44. The van der Waals surface area contributed by atoms with Crippen LogP contribution in [0.3, 0.4) is 0 Å². The lowest BCUT2D eigenvalue weighted by Crippen LogP contribution is -2.30. The van der Waals surface area contributed by atoms with Crippen LogP contribution in [0.1, 0.15) is 30.1 Å². The Kier molecular flexibility index (Phi) is 5.48. The molecule has 0 spiro atoms. The Labute approximate surface area is 174 Å². The summed E-state index contributed by atoms with van der Waals surface area (Å²) in [6.07, 6.45) is 0.340. The predicted molar refractivity (Wildman–Crippen MR) is 115 cm³/mol. The maximum Gasteiger partial charge on any atom is 0.338 e. The fraction of sp³-hybridized carbons (Fsp3) is 0.208. The third kappa shape index (κ3) is 4.03. The lowest BCUT2D eigenvalue weighted by atomic mass is 10.1. The van der Waals surface area contributed by atoms with Crippen LogP contribution in [0, 0.1) is 0 Å². The zero-order chi connectivity index (χ0) is 21.1. The maximum atomic E-state index is 12.6. The highest BCUT2D eigenvalue weighted by molar-refractivity contribution is 6.04. The van der Waals surface area contributed by atoms with Crippen LogP contribution in [0.5, 0.6) is 0 Å². The molecule has 6 heteroatoms. The monoisotopic (exact) mass is 402 g/mol. The molecule has 0 bridgehead atoms. The first-order chi connectivity index (χ1) is 14.5. The van der Waals surface area contributed by atoms with E-state index < -0.39 is 18.0 Å². The first kappa shape index (κ1) is 19.6. The van der Waals surface area contributed by atoms with Crippen LogP contribution in [-0.4, -0.2) is 30.4 Å². The molecule has 1 fully saturated rings. The summed E-state index contributed by atoms with van der Waals surface area (Å²) in [5.74, 6) is -0.974. The molecule has 1 heterocycles. The largest absolute Gasteiger partial charge is 0.449 e. The molecule has 2 amide bonds. The number of nitrogens with one attached hydrogen (secondary N) is 1. The minimum Gasteiger partial charge on any atom is -0.449 e.